The van der Waals surface area contributed by atoms with E-state index in [1.807, 2.05) is 20.8 Å². The number of amides is 2. The Morgan fingerprint density at radius 2 is 1.40 bits per heavy atom. The molecule has 0 aliphatic heterocycles. The number of nitrogens with zero attached hydrogens (tertiary/aromatic N) is 1. The van der Waals surface area contributed by atoms with Crippen LogP contribution in [-0.4, -0.2) is 62.3 Å². The van der Waals surface area contributed by atoms with E-state index in [1.54, 1.807) is 60.7 Å². The molecule has 0 saturated heterocycles. The highest BCUT2D eigenvalue weighted by atomic mass is 32.2. The van der Waals surface area contributed by atoms with E-state index in [0.717, 1.165) is 17.5 Å². The number of thiophene rings is 1. The summed E-state index contributed by atoms with van der Waals surface area (Å²) in [5, 5.41) is 15.1. The molecule has 1 heterocycles. The molecule has 4 aromatic rings. The Morgan fingerprint density at radius 3 is 1.88 bits per heavy atom. The molecule has 0 aliphatic rings. The van der Waals surface area contributed by atoms with Gasteiger partial charge in [0.05, 0.1) is 24.7 Å². The van der Waals surface area contributed by atoms with Gasteiger partial charge < -0.3 is 26.2 Å². The third-order valence-corrected chi connectivity index (χ3v) is 11.5. The van der Waals surface area contributed by atoms with Crippen molar-refractivity contribution in [2.45, 2.75) is 62.3 Å². The number of alkyl halides is 3. The van der Waals surface area contributed by atoms with Crippen molar-refractivity contribution in [3.63, 3.8) is 0 Å². The molecular formula is C37H43F3N4O6S2. The molecular weight excluding hydrogens is 718 g/mol. The normalized spacial score (nSPS) is 14.1. The molecule has 10 nitrogen and oxygen atoms in total. The van der Waals surface area contributed by atoms with Crippen molar-refractivity contribution in [2.75, 3.05) is 26.0 Å². The molecule has 0 bridgehead atoms. The van der Waals surface area contributed by atoms with Gasteiger partial charge in [-0.1, -0.05) is 81.4 Å². The van der Waals surface area contributed by atoms with Crippen molar-refractivity contribution >= 4 is 39.0 Å². The average molecular weight is 761 g/mol. The number of nitrogens with two attached hydrogens (primary N) is 1. The summed E-state index contributed by atoms with van der Waals surface area (Å²) in [4.78, 5) is 26.2. The van der Waals surface area contributed by atoms with Gasteiger partial charge in [-0.05, 0) is 59.4 Å². The largest absolute Gasteiger partial charge is 0.453 e. The fraction of sp³-hybridized carbons (Fsp3) is 0.351. The molecule has 3 atom stereocenters. The lowest BCUT2D eigenvalue weighted by Crippen LogP contribution is -2.52. The molecule has 3 unspecified atom stereocenters. The predicted octanol–water partition coefficient (Wildman–Crippen LogP) is 6.77. The van der Waals surface area contributed by atoms with Crippen molar-refractivity contribution in [2.24, 2.45) is 5.41 Å². The zero-order chi connectivity index (χ0) is 38.3. The Labute approximate surface area is 305 Å². The number of methoxy groups -OCH3 is 1. The van der Waals surface area contributed by atoms with Crippen LogP contribution in [-0.2, 0) is 19.6 Å². The number of sulfonamides is 1. The highest BCUT2D eigenvalue weighted by molar-refractivity contribution is 7.89. The molecule has 5 N–H and O–H groups in total. The topological polar surface area (TPSA) is 151 Å². The highest BCUT2D eigenvalue weighted by Gasteiger charge is 2.45. The zero-order valence-corrected chi connectivity index (χ0v) is 30.8. The number of carbonyl (C=O) groups is 2. The van der Waals surface area contributed by atoms with E-state index in [2.05, 4.69) is 10.6 Å². The fourth-order valence-corrected chi connectivity index (χ4v) is 8.48. The van der Waals surface area contributed by atoms with E-state index in [-0.39, 0.29) is 26.6 Å². The number of halogens is 3. The molecule has 0 radical (unpaired) electrons. The van der Waals surface area contributed by atoms with Crippen LogP contribution in [0.3, 0.4) is 0 Å². The van der Waals surface area contributed by atoms with E-state index in [1.165, 1.54) is 30.3 Å². The molecule has 2 amide bonds. The molecule has 3 aromatic carbocycles. The molecule has 280 valence electrons. The minimum Gasteiger partial charge on any atom is -0.453 e. The second-order valence-corrected chi connectivity index (χ2v) is 16.4. The summed E-state index contributed by atoms with van der Waals surface area (Å²) in [6.07, 6.45) is -5.67. The van der Waals surface area contributed by atoms with Crippen LogP contribution in [0, 0.1) is 5.41 Å². The van der Waals surface area contributed by atoms with Gasteiger partial charge in [0, 0.05) is 27.9 Å². The summed E-state index contributed by atoms with van der Waals surface area (Å²) < 4.78 is 78.4. The van der Waals surface area contributed by atoms with Crippen molar-refractivity contribution < 1.29 is 41.0 Å². The number of aliphatic hydroxyl groups is 1. The van der Waals surface area contributed by atoms with Gasteiger partial charge in [0.25, 0.3) is 0 Å². The first-order chi connectivity index (χ1) is 24.5. The third kappa shape index (κ3) is 10.1. The molecule has 4 rings (SSSR count). The Kier molecular flexibility index (Phi) is 13.1. The minimum atomic E-state index is -5.01. The zero-order valence-electron chi connectivity index (χ0n) is 29.1. The van der Waals surface area contributed by atoms with Crippen LogP contribution >= 0.6 is 11.3 Å². The summed E-state index contributed by atoms with van der Waals surface area (Å²) >= 11 is 0.616. The molecule has 1 aromatic heterocycles. The molecule has 0 saturated carbocycles. The van der Waals surface area contributed by atoms with Gasteiger partial charge in [0.15, 0.2) is 6.04 Å². The number of nitrogen functional groups attached to an aromatic ring is 1. The van der Waals surface area contributed by atoms with E-state index in [4.69, 9.17) is 10.5 Å². The van der Waals surface area contributed by atoms with Gasteiger partial charge in [0.1, 0.15) is 6.04 Å². The summed E-state index contributed by atoms with van der Waals surface area (Å²) in [7, 11) is -3.19. The minimum absolute atomic E-state index is 0.0463. The van der Waals surface area contributed by atoms with Crippen LogP contribution < -0.4 is 16.4 Å². The van der Waals surface area contributed by atoms with Crippen molar-refractivity contribution in [3.05, 3.63) is 118 Å². The first-order valence-electron chi connectivity index (χ1n) is 16.4. The number of aliphatic hydroxyl groups excluding tert-OH is 1. The van der Waals surface area contributed by atoms with E-state index >= 15 is 0 Å². The van der Waals surface area contributed by atoms with Crippen LogP contribution in [0.5, 0.6) is 0 Å². The first-order valence-corrected chi connectivity index (χ1v) is 18.6. The van der Waals surface area contributed by atoms with Crippen molar-refractivity contribution in [3.8, 4) is 0 Å². The maximum Gasteiger partial charge on any atom is 0.413 e. The molecule has 0 aliphatic carbocycles. The number of benzene rings is 3. The first kappa shape index (κ1) is 40.3. The van der Waals surface area contributed by atoms with Gasteiger partial charge in [-0.2, -0.15) is 17.5 Å². The lowest BCUT2D eigenvalue weighted by Gasteiger charge is -2.32. The Balaban J connectivity index is 1.74. The van der Waals surface area contributed by atoms with E-state index in [9.17, 15) is 36.3 Å². The van der Waals surface area contributed by atoms with Crippen LogP contribution in [0.25, 0.3) is 0 Å². The molecule has 0 fully saturated rings. The van der Waals surface area contributed by atoms with Crippen molar-refractivity contribution in [1.82, 2.24) is 14.9 Å². The Hall–Kier alpha value is -4.44. The molecule has 0 spiro atoms. The predicted molar refractivity (Wildman–Crippen MR) is 194 cm³/mol. The monoisotopic (exact) mass is 760 g/mol. The van der Waals surface area contributed by atoms with Crippen LogP contribution in [0.2, 0.25) is 0 Å². The lowest BCUT2D eigenvalue weighted by atomic mass is 9.84. The van der Waals surface area contributed by atoms with Gasteiger partial charge >= 0.3 is 12.3 Å². The number of hydrogen-bond acceptors (Lipinski definition) is 8. The summed E-state index contributed by atoms with van der Waals surface area (Å²) in [5.41, 5.74) is 6.88. The summed E-state index contributed by atoms with van der Waals surface area (Å²) in [5.74, 6) is -2.06. The average Bonchev–Trinajstić information content (AvgIpc) is 3.57. The van der Waals surface area contributed by atoms with E-state index < -0.39 is 58.9 Å². The number of alkyl carbamates (subject to hydrolysis) is 1. The van der Waals surface area contributed by atoms with Gasteiger partial charge in [-0.25, -0.2) is 13.2 Å². The number of hydrogen-bond donors (Lipinski definition) is 4. The van der Waals surface area contributed by atoms with Crippen molar-refractivity contribution in [1.29, 1.82) is 0 Å². The maximum atomic E-state index is 14.9. The number of carbonyl (C=O) groups excluding carboxylic acids is 2. The van der Waals surface area contributed by atoms with Gasteiger partial charge in [-0.3, -0.25) is 4.79 Å². The molecule has 52 heavy (non-hydrogen) atoms. The summed E-state index contributed by atoms with van der Waals surface area (Å²) in [6.45, 7) is 4.96. The van der Waals surface area contributed by atoms with Gasteiger partial charge in [-0.15, -0.1) is 11.3 Å². The standard InChI is InChI=1S/C37H43F3N4O6S2/c1-36(2,3)21-22-44(52(48,49)27-17-15-26(41)16-18-27)28(23-45)29-19-20-30(51-29)33(37(38,39)40)43-34(46)32(42-35(47)50-4)31(24-11-7-5-8-12-24)25-13-9-6-10-14-25/h5-20,28,31-33,45H,21-23,41H2,1-4H3,(H,42,47)(H,43,46). The number of nitrogens with one attached hydrogen (secondary N) is 2. The molecule has 15 heteroatoms. The lowest BCUT2D eigenvalue weighted by molar-refractivity contribution is -0.163. The third-order valence-electron chi connectivity index (χ3n) is 8.36. The van der Waals surface area contributed by atoms with E-state index in [0.29, 0.717) is 34.6 Å². The SMILES string of the molecule is COC(=O)NC(C(=O)NC(c1ccc(C(CO)N(CCC(C)(C)C)S(=O)(=O)c2ccc(N)cc2)s1)C(F)(F)F)C(c1ccccc1)c1ccccc1. The Morgan fingerprint density at radius 1 is 0.865 bits per heavy atom. The van der Waals surface area contributed by atoms with Crippen LogP contribution in [0.1, 0.15) is 66.1 Å². The highest BCUT2D eigenvalue weighted by Crippen LogP contribution is 2.41. The second kappa shape index (κ2) is 16.9. The van der Waals surface area contributed by atoms with Crippen LogP contribution in [0.4, 0.5) is 23.7 Å². The van der Waals surface area contributed by atoms with Crippen LogP contribution in [0.15, 0.2) is 102 Å². The fourth-order valence-electron chi connectivity index (χ4n) is 5.62. The Bertz CT molecular complexity index is 1840. The number of anilines is 1. The smallest absolute Gasteiger partial charge is 0.413 e. The second-order valence-electron chi connectivity index (χ2n) is 13.3. The number of rotatable bonds is 14. The quantitative estimate of drug-likeness (QED) is 0.104. The number of ether oxygens (including phenoxy) is 1. The van der Waals surface area contributed by atoms with Gasteiger partial charge in [0.2, 0.25) is 15.9 Å². The summed E-state index contributed by atoms with van der Waals surface area (Å²) in [6, 6.07) is 19.7. The maximum absolute atomic E-state index is 14.9.